The first-order valence-corrected chi connectivity index (χ1v) is 10.8. The molecule has 0 spiro atoms. The number of imide groups is 1. The van der Waals surface area contributed by atoms with Gasteiger partial charge in [0.1, 0.15) is 10.8 Å². The smallest absolute Gasteiger partial charge is 0.389 e. The van der Waals surface area contributed by atoms with Crippen molar-refractivity contribution in [1.82, 2.24) is 15.5 Å². The van der Waals surface area contributed by atoms with Crippen LogP contribution in [0.3, 0.4) is 0 Å². The molecule has 1 aromatic heterocycles. The average molecular weight is 508 g/mol. The number of carbonyl (C=O) groups is 2. The van der Waals surface area contributed by atoms with Crippen molar-refractivity contribution >= 4 is 35.1 Å². The van der Waals surface area contributed by atoms with Gasteiger partial charge in [0.05, 0.1) is 17.6 Å². The molecule has 34 heavy (non-hydrogen) atoms. The first-order valence-electron chi connectivity index (χ1n) is 10.4. The van der Waals surface area contributed by atoms with Gasteiger partial charge in [-0.25, -0.2) is 8.78 Å². The summed E-state index contributed by atoms with van der Waals surface area (Å²) in [4.78, 5) is 24.9. The molecule has 2 aliphatic rings. The quantitative estimate of drug-likeness (QED) is 0.335. The van der Waals surface area contributed by atoms with E-state index in [1.165, 1.54) is 0 Å². The van der Waals surface area contributed by atoms with Crippen molar-refractivity contribution in [3.8, 4) is 0 Å². The van der Waals surface area contributed by atoms with Gasteiger partial charge in [0.15, 0.2) is 5.82 Å². The zero-order valence-electron chi connectivity index (χ0n) is 17.5. The summed E-state index contributed by atoms with van der Waals surface area (Å²) >= 11 is 6.14. The molecule has 4 rings (SSSR count). The number of hydrogen-bond acceptors (Lipinski definition) is 7. The van der Waals surface area contributed by atoms with Gasteiger partial charge in [0, 0.05) is 37.9 Å². The van der Waals surface area contributed by atoms with E-state index in [1.54, 1.807) is 4.90 Å². The number of amides is 2. The number of rotatable bonds is 7. The summed E-state index contributed by atoms with van der Waals surface area (Å²) in [5.41, 5.74) is -0.373. The van der Waals surface area contributed by atoms with E-state index in [0.29, 0.717) is 0 Å². The molecule has 2 aromatic rings. The summed E-state index contributed by atoms with van der Waals surface area (Å²) < 4.78 is 71.7. The lowest BCUT2D eigenvalue weighted by atomic mass is 9.89. The fraction of sp³-hybridized carbons (Fsp3) is 0.500. The van der Waals surface area contributed by atoms with E-state index in [1.807, 2.05) is 0 Å². The van der Waals surface area contributed by atoms with Crippen LogP contribution in [0.25, 0.3) is 0 Å². The fourth-order valence-electron chi connectivity index (χ4n) is 3.91. The van der Waals surface area contributed by atoms with Gasteiger partial charge in [0.2, 0.25) is 17.7 Å². The molecule has 0 radical (unpaired) electrons. The van der Waals surface area contributed by atoms with Gasteiger partial charge in [-0.15, -0.1) is 5.10 Å². The number of nitrogens with zero attached hydrogens (tertiary/aromatic N) is 3. The Kier molecular flexibility index (Phi) is 6.65. The first kappa shape index (κ1) is 24.2. The minimum absolute atomic E-state index is 0.0152. The number of alkyl halides is 3. The van der Waals surface area contributed by atoms with Crippen molar-refractivity contribution < 1.29 is 36.0 Å². The molecular weight excluding hydrogens is 489 g/mol. The number of benzene rings is 1. The van der Waals surface area contributed by atoms with Gasteiger partial charge < -0.3 is 14.6 Å². The van der Waals surface area contributed by atoms with Crippen LogP contribution in [-0.2, 0) is 16.0 Å². The SMILES string of the molecule is O=C1CCC(c2c(F)cc(N3CC(Nc4nnc(CCCC(F)(F)F)o4)C3)c(Cl)c2F)C(=O)N1. The second-order valence-electron chi connectivity index (χ2n) is 8.14. The Hall–Kier alpha value is -2.96. The molecule has 14 heteroatoms. The summed E-state index contributed by atoms with van der Waals surface area (Å²) in [6.45, 7) is 0.560. The zero-order valence-corrected chi connectivity index (χ0v) is 18.3. The van der Waals surface area contributed by atoms with Crippen molar-refractivity contribution in [2.45, 2.75) is 50.2 Å². The van der Waals surface area contributed by atoms with Crippen molar-refractivity contribution in [1.29, 1.82) is 0 Å². The van der Waals surface area contributed by atoms with Crippen molar-refractivity contribution in [3.05, 3.63) is 34.2 Å². The third-order valence-corrected chi connectivity index (χ3v) is 5.99. The molecule has 0 aliphatic carbocycles. The van der Waals surface area contributed by atoms with E-state index in [-0.39, 0.29) is 67.4 Å². The number of anilines is 2. The summed E-state index contributed by atoms with van der Waals surface area (Å²) in [5, 5.41) is 12.1. The second-order valence-corrected chi connectivity index (χ2v) is 8.52. The monoisotopic (exact) mass is 507 g/mol. The maximum atomic E-state index is 14.9. The van der Waals surface area contributed by atoms with Crippen LogP contribution in [0.5, 0.6) is 0 Å². The number of carbonyl (C=O) groups excluding carboxylic acids is 2. The third kappa shape index (κ3) is 5.24. The minimum atomic E-state index is -4.25. The Morgan fingerprint density at radius 2 is 1.97 bits per heavy atom. The third-order valence-electron chi connectivity index (χ3n) is 5.63. The predicted molar refractivity (Wildman–Crippen MR) is 109 cm³/mol. The van der Waals surface area contributed by atoms with Crippen molar-refractivity contribution in [2.75, 3.05) is 23.3 Å². The van der Waals surface area contributed by atoms with Gasteiger partial charge >= 0.3 is 12.2 Å². The van der Waals surface area contributed by atoms with Gasteiger partial charge in [-0.1, -0.05) is 16.7 Å². The second kappa shape index (κ2) is 9.35. The first-order chi connectivity index (χ1) is 16.0. The van der Waals surface area contributed by atoms with E-state index >= 15 is 0 Å². The molecule has 1 atom stereocenters. The molecule has 2 aliphatic heterocycles. The maximum absolute atomic E-state index is 14.9. The van der Waals surface area contributed by atoms with E-state index in [9.17, 15) is 31.5 Å². The molecule has 3 heterocycles. The summed E-state index contributed by atoms with van der Waals surface area (Å²) in [5.74, 6) is -4.36. The molecule has 2 N–H and O–H groups in total. The standard InChI is InChI=1S/C20H19ClF5N5O3/c21-16-12(6-11(22)15(17(16)23)10-3-4-13(32)28-18(10)33)31-7-9(8-31)27-19-30-29-14(34-19)2-1-5-20(24,25)26/h6,9-10H,1-5,7-8H2,(H,27,30)(H,28,32,33). The summed E-state index contributed by atoms with van der Waals surface area (Å²) in [6.07, 6.45) is -5.45. The number of nitrogens with one attached hydrogen (secondary N) is 2. The van der Waals surface area contributed by atoms with Gasteiger partial charge in [-0.3, -0.25) is 14.9 Å². The number of hydrogen-bond donors (Lipinski definition) is 2. The largest absolute Gasteiger partial charge is 0.408 e. The van der Waals surface area contributed by atoms with Crippen LogP contribution in [0.1, 0.15) is 43.1 Å². The van der Waals surface area contributed by atoms with Crippen LogP contribution >= 0.6 is 11.6 Å². The van der Waals surface area contributed by atoms with E-state index in [0.717, 1.165) is 6.07 Å². The topological polar surface area (TPSA) is 100 Å². The molecule has 2 fully saturated rings. The highest BCUT2D eigenvalue weighted by atomic mass is 35.5. The van der Waals surface area contributed by atoms with Gasteiger partial charge in [-0.05, 0) is 18.9 Å². The van der Waals surface area contributed by atoms with Crippen molar-refractivity contribution in [2.24, 2.45) is 0 Å². The van der Waals surface area contributed by atoms with Crippen LogP contribution in [-0.4, -0.2) is 47.3 Å². The molecule has 0 bridgehead atoms. The summed E-state index contributed by atoms with van der Waals surface area (Å²) in [7, 11) is 0. The normalized spacial score (nSPS) is 19.2. The minimum Gasteiger partial charge on any atom is -0.408 e. The summed E-state index contributed by atoms with van der Waals surface area (Å²) in [6, 6.07) is 0.843. The molecule has 184 valence electrons. The maximum Gasteiger partial charge on any atom is 0.389 e. The Morgan fingerprint density at radius 3 is 2.65 bits per heavy atom. The number of aromatic nitrogens is 2. The Bertz CT molecular complexity index is 1100. The van der Waals surface area contributed by atoms with Crippen LogP contribution in [0, 0.1) is 11.6 Å². The molecule has 2 amide bonds. The molecular formula is C20H19ClF5N5O3. The van der Waals surface area contributed by atoms with Crippen LogP contribution in [0.15, 0.2) is 10.5 Å². The lowest BCUT2D eigenvalue weighted by Gasteiger charge is -2.41. The highest BCUT2D eigenvalue weighted by Crippen LogP contribution is 2.39. The average Bonchev–Trinajstić information content (AvgIpc) is 3.15. The number of halogens is 6. The van der Waals surface area contributed by atoms with Gasteiger partial charge in [-0.2, -0.15) is 13.2 Å². The van der Waals surface area contributed by atoms with E-state index in [2.05, 4.69) is 20.8 Å². The molecule has 0 saturated carbocycles. The predicted octanol–water partition coefficient (Wildman–Crippen LogP) is 3.71. The molecule has 2 saturated heterocycles. The lowest BCUT2D eigenvalue weighted by molar-refractivity contribution is -0.136. The van der Waals surface area contributed by atoms with Crippen LogP contribution in [0.4, 0.5) is 33.7 Å². The van der Waals surface area contributed by atoms with Crippen LogP contribution < -0.4 is 15.5 Å². The van der Waals surface area contributed by atoms with Gasteiger partial charge in [0.25, 0.3) is 0 Å². The zero-order chi connectivity index (χ0) is 24.6. The lowest BCUT2D eigenvalue weighted by Crippen LogP contribution is -2.55. The molecule has 8 nitrogen and oxygen atoms in total. The van der Waals surface area contributed by atoms with Crippen LogP contribution in [0.2, 0.25) is 5.02 Å². The van der Waals surface area contributed by atoms with Crippen molar-refractivity contribution in [3.63, 3.8) is 0 Å². The molecule has 1 unspecified atom stereocenters. The fourth-order valence-corrected chi connectivity index (χ4v) is 4.19. The Labute approximate surface area is 194 Å². The Balaban J connectivity index is 1.36. The number of piperidine rings is 1. The van der Waals surface area contributed by atoms with E-state index in [4.69, 9.17) is 16.0 Å². The highest BCUT2D eigenvalue weighted by molar-refractivity contribution is 6.33. The highest BCUT2D eigenvalue weighted by Gasteiger charge is 2.36. The van der Waals surface area contributed by atoms with E-state index < -0.39 is 47.5 Å². The number of aryl methyl sites for hydroxylation is 1. The Morgan fingerprint density at radius 1 is 1.24 bits per heavy atom. The molecule has 1 aromatic carbocycles.